The van der Waals surface area contributed by atoms with Crippen molar-refractivity contribution in [3.8, 4) is 5.75 Å². The molecule has 1 unspecified atom stereocenters. The van der Waals surface area contributed by atoms with Gasteiger partial charge in [0.2, 0.25) is 0 Å². The summed E-state index contributed by atoms with van der Waals surface area (Å²) in [5.41, 5.74) is 1.64. The molecule has 15 heavy (non-hydrogen) atoms. The van der Waals surface area contributed by atoms with E-state index in [-0.39, 0.29) is 10.6 Å². The lowest BCUT2D eigenvalue weighted by atomic mass is 10.0. The molecule has 0 aliphatic rings. The normalized spacial score (nSPS) is 12.3. The third-order valence-electron chi connectivity index (χ3n) is 2.21. The quantitative estimate of drug-likeness (QED) is 0.620. The highest BCUT2D eigenvalue weighted by Gasteiger charge is 2.16. The molecule has 0 saturated heterocycles. The van der Waals surface area contributed by atoms with Crippen molar-refractivity contribution in [3.63, 3.8) is 0 Å². The minimum atomic E-state index is -0.159. The van der Waals surface area contributed by atoms with Crippen molar-refractivity contribution in [2.45, 2.75) is 25.6 Å². The van der Waals surface area contributed by atoms with E-state index in [2.05, 4.69) is 15.9 Å². The number of ketones is 1. The number of hydrogen-bond acceptors (Lipinski definition) is 2. The van der Waals surface area contributed by atoms with E-state index in [4.69, 9.17) is 4.74 Å². The summed E-state index contributed by atoms with van der Waals surface area (Å²) in [5.74, 6) is 0.880. The summed E-state index contributed by atoms with van der Waals surface area (Å²) in [5, 5.41) is 0. The number of Topliss-reactive ketones (excluding diaryl/α,β-unsaturated/α-hetero) is 1. The zero-order valence-corrected chi connectivity index (χ0v) is 10.8. The number of halogens is 1. The highest BCUT2D eigenvalue weighted by atomic mass is 79.9. The van der Waals surface area contributed by atoms with Crippen LogP contribution >= 0.6 is 15.9 Å². The molecule has 1 atom stereocenters. The fraction of sp³-hybridized carbons (Fsp3) is 0.417. The molecule has 1 rings (SSSR count). The van der Waals surface area contributed by atoms with Gasteiger partial charge in [0.25, 0.3) is 0 Å². The van der Waals surface area contributed by atoms with Crippen LogP contribution in [0.2, 0.25) is 0 Å². The molecule has 0 amide bonds. The molecule has 0 aliphatic carbocycles. The summed E-state index contributed by atoms with van der Waals surface area (Å²) < 4.78 is 5.44. The fourth-order valence-electron chi connectivity index (χ4n) is 1.41. The van der Waals surface area contributed by atoms with Crippen LogP contribution in [0.25, 0.3) is 0 Å². The summed E-state index contributed by atoms with van der Waals surface area (Å²) >= 11 is 3.28. The Morgan fingerprint density at radius 2 is 2.20 bits per heavy atom. The molecular weight excluding hydrogens is 256 g/mol. The van der Waals surface area contributed by atoms with Crippen molar-refractivity contribution in [2.75, 3.05) is 6.61 Å². The summed E-state index contributed by atoms with van der Waals surface area (Å²) in [4.78, 5) is 11.7. The number of rotatable bonds is 4. The lowest BCUT2D eigenvalue weighted by Crippen LogP contribution is -2.12. The summed E-state index contributed by atoms with van der Waals surface area (Å²) in [7, 11) is 0. The minimum absolute atomic E-state index is 0.0917. The SMILES string of the molecule is CCOc1cccc(C(=O)C(C)Br)c1C. The summed E-state index contributed by atoms with van der Waals surface area (Å²) in [6, 6.07) is 5.56. The van der Waals surface area contributed by atoms with Gasteiger partial charge in [0, 0.05) is 11.1 Å². The number of carbonyl (C=O) groups is 1. The smallest absolute Gasteiger partial charge is 0.176 e. The van der Waals surface area contributed by atoms with E-state index in [0.717, 1.165) is 16.9 Å². The van der Waals surface area contributed by atoms with Crippen LogP contribution in [-0.4, -0.2) is 17.2 Å². The van der Waals surface area contributed by atoms with E-state index >= 15 is 0 Å². The Bertz CT molecular complexity index is 359. The van der Waals surface area contributed by atoms with E-state index in [1.165, 1.54) is 0 Å². The van der Waals surface area contributed by atoms with Crippen LogP contribution in [0.4, 0.5) is 0 Å². The van der Waals surface area contributed by atoms with Crippen molar-refractivity contribution >= 4 is 21.7 Å². The Kier molecular flexibility index (Phi) is 4.33. The monoisotopic (exact) mass is 270 g/mol. The van der Waals surface area contributed by atoms with Crippen molar-refractivity contribution in [1.29, 1.82) is 0 Å². The van der Waals surface area contributed by atoms with E-state index < -0.39 is 0 Å². The Morgan fingerprint density at radius 1 is 1.53 bits per heavy atom. The van der Waals surface area contributed by atoms with Gasteiger partial charge in [-0.2, -0.15) is 0 Å². The molecule has 82 valence electrons. The van der Waals surface area contributed by atoms with Gasteiger partial charge in [-0.05, 0) is 26.8 Å². The number of carbonyl (C=O) groups excluding carboxylic acids is 1. The largest absolute Gasteiger partial charge is 0.494 e. The second-order valence-electron chi connectivity index (χ2n) is 3.34. The van der Waals surface area contributed by atoms with Crippen LogP contribution in [0.15, 0.2) is 18.2 Å². The Labute approximate surface area is 98.8 Å². The van der Waals surface area contributed by atoms with Crippen LogP contribution in [0.3, 0.4) is 0 Å². The van der Waals surface area contributed by atoms with Gasteiger partial charge in [-0.25, -0.2) is 0 Å². The third-order valence-corrected chi connectivity index (χ3v) is 2.63. The number of ether oxygens (including phenoxy) is 1. The molecular formula is C12H15BrO2. The third kappa shape index (κ3) is 2.81. The van der Waals surface area contributed by atoms with Crippen LogP contribution in [0.5, 0.6) is 5.75 Å². The summed E-state index contributed by atoms with van der Waals surface area (Å²) in [6.07, 6.45) is 0. The lowest BCUT2D eigenvalue weighted by molar-refractivity contribution is 0.0994. The molecule has 0 saturated carbocycles. The van der Waals surface area contributed by atoms with Crippen LogP contribution < -0.4 is 4.74 Å². The second kappa shape index (κ2) is 5.31. The van der Waals surface area contributed by atoms with E-state index in [1.807, 2.05) is 39.0 Å². The lowest BCUT2D eigenvalue weighted by Gasteiger charge is -2.11. The first-order valence-electron chi connectivity index (χ1n) is 4.98. The average Bonchev–Trinajstić information content (AvgIpc) is 2.20. The van der Waals surface area contributed by atoms with E-state index in [1.54, 1.807) is 0 Å². The average molecular weight is 271 g/mol. The van der Waals surface area contributed by atoms with Crippen molar-refractivity contribution < 1.29 is 9.53 Å². The summed E-state index contributed by atoms with van der Waals surface area (Å²) in [6.45, 7) is 6.28. The molecule has 0 aliphatic heterocycles. The zero-order chi connectivity index (χ0) is 11.4. The molecule has 0 spiro atoms. The van der Waals surface area contributed by atoms with Gasteiger partial charge in [0.05, 0.1) is 11.4 Å². The molecule has 0 radical (unpaired) electrons. The van der Waals surface area contributed by atoms with Gasteiger partial charge in [-0.15, -0.1) is 0 Å². The van der Waals surface area contributed by atoms with Crippen molar-refractivity contribution in [2.24, 2.45) is 0 Å². The number of hydrogen-bond donors (Lipinski definition) is 0. The van der Waals surface area contributed by atoms with Crippen molar-refractivity contribution in [1.82, 2.24) is 0 Å². The second-order valence-corrected chi connectivity index (χ2v) is 4.72. The van der Waals surface area contributed by atoms with Gasteiger partial charge in [-0.3, -0.25) is 4.79 Å². The van der Waals surface area contributed by atoms with Crippen molar-refractivity contribution in [3.05, 3.63) is 29.3 Å². The predicted octanol–water partition coefficient (Wildman–Crippen LogP) is 3.36. The highest BCUT2D eigenvalue weighted by Crippen LogP contribution is 2.23. The number of alkyl halides is 1. The minimum Gasteiger partial charge on any atom is -0.494 e. The first kappa shape index (κ1) is 12.2. The van der Waals surface area contributed by atoms with Gasteiger partial charge >= 0.3 is 0 Å². The standard InChI is InChI=1S/C12H15BrO2/c1-4-15-11-7-5-6-10(8(11)2)12(14)9(3)13/h5-7,9H,4H2,1-3H3. The van der Waals surface area contributed by atoms with Gasteiger partial charge in [0.15, 0.2) is 5.78 Å². The maximum absolute atomic E-state index is 11.8. The van der Waals surface area contributed by atoms with Gasteiger partial charge in [0.1, 0.15) is 5.75 Å². The molecule has 3 heteroatoms. The maximum Gasteiger partial charge on any atom is 0.176 e. The highest BCUT2D eigenvalue weighted by molar-refractivity contribution is 9.10. The molecule has 1 aromatic rings. The predicted molar refractivity (Wildman–Crippen MR) is 65.1 cm³/mol. The first-order chi connectivity index (χ1) is 7.07. The van der Waals surface area contributed by atoms with Crippen LogP contribution in [-0.2, 0) is 0 Å². The van der Waals surface area contributed by atoms with E-state index in [9.17, 15) is 4.79 Å². The Balaban J connectivity index is 3.09. The Morgan fingerprint density at radius 3 is 2.73 bits per heavy atom. The van der Waals surface area contributed by atoms with Crippen LogP contribution in [0, 0.1) is 6.92 Å². The maximum atomic E-state index is 11.8. The fourth-order valence-corrected chi connectivity index (χ4v) is 1.65. The zero-order valence-electron chi connectivity index (χ0n) is 9.21. The molecule has 0 N–H and O–H groups in total. The first-order valence-corrected chi connectivity index (χ1v) is 5.90. The van der Waals surface area contributed by atoms with E-state index in [0.29, 0.717) is 6.61 Å². The van der Waals surface area contributed by atoms with Crippen LogP contribution in [0.1, 0.15) is 29.8 Å². The molecule has 0 fully saturated rings. The van der Waals surface area contributed by atoms with Gasteiger partial charge in [-0.1, -0.05) is 28.1 Å². The van der Waals surface area contributed by atoms with Gasteiger partial charge < -0.3 is 4.74 Å². The molecule has 0 bridgehead atoms. The number of benzene rings is 1. The molecule has 2 nitrogen and oxygen atoms in total. The Hall–Kier alpha value is -0.830. The topological polar surface area (TPSA) is 26.3 Å². The molecule has 1 aromatic carbocycles. The molecule has 0 aromatic heterocycles. The molecule has 0 heterocycles.